The molecule has 0 heterocycles. The number of hydrogen-bond donors (Lipinski definition) is 0. The van der Waals surface area contributed by atoms with Crippen LogP contribution in [0.3, 0.4) is 0 Å². The van der Waals surface area contributed by atoms with Gasteiger partial charge in [0.05, 0.1) is 9.79 Å². The van der Waals surface area contributed by atoms with Crippen LogP contribution in [0, 0.1) is 0 Å². The molecule has 118 valence electrons. The SMILES string of the molecule is CN(C)Cc1cccc2cc(S(=O)(=O)c3ccccc3)ccc12. The molecule has 0 bridgehead atoms. The van der Waals surface area contributed by atoms with Crippen LogP contribution in [0.5, 0.6) is 0 Å². The zero-order chi connectivity index (χ0) is 16.4. The van der Waals surface area contributed by atoms with E-state index in [-0.39, 0.29) is 0 Å². The second kappa shape index (κ2) is 6.14. The molecule has 4 heteroatoms. The third-order valence-electron chi connectivity index (χ3n) is 3.79. The highest BCUT2D eigenvalue weighted by molar-refractivity contribution is 7.91. The molecule has 3 nitrogen and oxygen atoms in total. The van der Waals surface area contributed by atoms with Crippen molar-refractivity contribution in [2.75, 3.05) is 14.1 Å². The molecule has 0 atom stereocenters. The Bertz CT molecular complexity index is 932. The molecule has 0 N–H and O–H groups in total. The predicted octanol–water partition coefficient (Wildman–Crippen LogP) is 3.73. The van der Waals surface area contributed by atoms with Gasteiger partial charge in [0.1, 0.15) is 0 Å². The van der Waals surface area contributed by atoms with Crippen molar-refractivity contribution in [2.45, 2.75) is 16.3 Å². The molecule has 3 aromatic carbocycles. The minimum absolute atomic E-state index is 0.323. The van der Waals surface area contributed by atoms with E-state index in [0.29, 0.717) is 9.79 Å². The maximum atomic E-state index is 12.7. The normalized spacial score (nSPS) is 12.0. The average molecular weight is 325 g/mol. The van der Waals surface area contributed by atoms with Gasteiger partial charge in [-0.3, -0.25) is 0 Å². The molecule has 0 aliphatic heterocycles. The number of fused-ring (bicyclic) bond motifs is 1. The van der Waals surface area contributed by atoms with Crippen molar-refractivity contribution in [2.24, 2.45) is 0 Å². The van der Waals surface area contributed by atoms with E-state index in [1.807, 2.05) is 38.4 Å². The van der Waals surface area contributed by atoms with Crippen LogP contribution in [0.2, 0.25) is 0 Å². The van der Waals surface area contributed by atoms with Crippen molar-refractivity contribution in [1.29, 1.82) is 0 Å². The predicted molar refractivity (Wildman–Crippen MR) is 93.2 cm³/mol. The molecule has 0 saturated carbocycles. The van der Waals surface area contributed by atoms with Crippen molar-refractivity contribution < 1.29 is 8.42 Å². The van der Waals surface area contributed by atoms with Crippen LogP contribution in [0.15, 0.2) is 76.5 Å². The highest BCUT2D eigenvalue weighted by atomic mass is 32.2. The van der Waals surface area contributed by atoms with Crippen LogP contribution in [0.1, 0.15) is 5.56 Å². The van der Waals surface area contributed by atoms with Gasteiger partial charge < -0.3 is 4.90 Å². The van der Waals surface area contributed by atoms with Crippen LogP contribution >= 0.6 is 0 Å². The van der Waals surface area contributed by atoms with E-state index in [0.717, 1.165) is 17.3 Å². The van der Waals surface area contributed by atoms with Crippen LogP contribution < -0.4 is 0 Å². The molecule has 0 fully saturated rings. The molecule has 3 rings (SSSR count). The van der Waals surface area contributed by atoms with E-state index in [2.05, 4.69) is 11.0 Å². The molecule has 0 saturated heterocycles. The first kappa shape index (κ1) is 15.7. The van der Waals surface area contributed by atoms with Crippen molar-refractivity contribution in [3.05, 3.63) is 72.3 Å². The lowest BCUT2D eigenvalue weighted by Crippen LogP contribution is -2.11. The fourth-order valence-electron chi connectivity index (χ4n) is 2.71. The van der Waals surface area contributed by atoms with Gasteiger partial charge in [-0.15, -0.1) is 0 Å². The van der Waals surface area contributed by atoms with Crippen LogP contribution in [0.4, 0.5) is 0 Å². The molecule has 0 unspecified atom stereocenters. The van der Waals surface area contributed by atoms with E-state index in [9.17, 15) is 8.42 Å². The monoisotopic (exact) mass is 325 g/mol. The van der Waals surface area contributed by atoms with Gasteiger partial charge in [0.2, 0.25) is 9.84 Å². The number of hydrogen-bond acceptors (Lipinski definition) is 3. The van der Waals surface area contributed by atoms with E-state index < -0.39 is 9.84 Å². The lowest BCUT2D eigenvalue weighted by atomic mass is 10.0. The van der Waals surface area contributed by atoms with Crippen LogP contribution in [0.25, 0.3) is 10.8 Å². The van der Waals surface area contributed by atoms with E-state index in [4.69, 9.17) is 0 Å². The Morgan fingerprint density at radius 2 is 1.57 bits per heavy atom. The average Bonchev–Trinajstić information content (AvgIpc) is 2.55. The Morgan fingerprint density at radius 3 is 2.26 bits per heavy atom. The lowest BCUT2D eigenvalue weighted by molar-refractivity contribution is 0.404. The van der Waals surface area contributed by atoms with E-state index in [1.165, 1.54) is 5.56 Å². The van der Waals surface area contributed by atoms with Gasteiger partial charge in [-0.2, -0.15) is 0 Å². The largest absolute Gasteiger partial charge is 0.305 e. The van der Waals surface area contributed by atoms with Crippen molar-refractivity contribution in [3.8, 4) is 0 Å². The first-order valence-electron chi connectivity index (χ1n) is 7.45. The maximum Gasteiger partial charge on any atom is 0.206 e. The molecular formula is C19H19NO2S. The Kier molecular flexibility index (Phi) is 4.20. The minimum atomic E-state index is -3.48. The van der Waals surface area contributed by atoms with Gasteiger partial charge >= 0.3 is 0 Å². The van der Waals surface area contributed by atoms with Crippen molar-refractivity contribution >= 4 is 20.6 Å². The first-order chi connectivity index (χ1) is 11.0. The Labute approximate surface area is 137 Å². The standard InChI is InChI=1S/C19H19NO2S/c1-20(2)14-16-8-6-7-15-13-18(11-12-19(15)16)23(21,22)17-9-4-3-5-10-17/h3-13H,14H2,1-2H3. The summed E-state index contributed by atoms with van der Waals surface area (Å²) in [6.07, 6.45) is 0. The molecule has 0 spiro atoms. The van der Waals surface area contributed by atoms with Gasteiger partial charge in [0.15, 0.2) is 0 Å². The Morgan fingerprint density at radius 1 is 0.826 bits per heavy atom. The molecule has 0 aliphatic carbocycles. The van der Waals surface area contributed by atoms with Crippen molar-refractivity contribution in [1.82, 2.24) is 4.90 Å². The second-order valence-corrected chi connectivity index (χ2v) is 7.80. The van der Waals surface area contributed by atoms with E-state index in [1.54, 1.807) is 36.4 Å². The summed E-state index contributed by atoms with van der Waals surface area (Å²) in [6, 6.07) is 19.9. The quantitative estimate of drug-likeness (QED) is 0.733. The molecule has 0 aliphatic rings. The second-order valence-electron chi connectivity index (χ2n) is 5.85. The summed E-state index contributed by atoms with van der Waals surface area (Å²) in [7, 11) is 0.565. The molecule has 0 aromatic heterocycles. The number of rotatable bonds is 4. The van der Waals surface area contributed by atoms with Gasteiger partial charge in [-0.1, -0.05) is 42.5 Å². The molecule has 23 heavy (non-hydrogen) atoms. The highest BCUT2D eigenvalue weighted by Crippen LogP contribution is 2.26. The van der Waals surface area contributed by atoms with Gasteiger partial charge in [0, 0.05) is 6.54 Å². The fourth-order valence-corrected chi connectivity index (χ4v) is 4.03. The third-order valence-corrected chi connectivity index (χ3v) is 5.56. The summed E-state index contributed by atoms with van der Waals surface area (Å²) < 4.78 is 25.5. The number of benzene rings is 3. The molecule has 0 amide bonds. The fraction of sp³-hybridized carbons (Fsp3) is 0.158. The molecule has 0 radical (unpaired) electrons. The van der Waals surface area contributed by atoms with Crippen LogP contribution in [-0.4, -0.2) is 27.4 Å². The number of nitrogens with zero attached hydrogens (tertiary/aromatic N) is 1. The summed E-state index contributed by atoms with van der Waals surface area (Å²) >= 11 is 0. The maximum absolute atomic E-state index is 12.7. The summed E-state index contributed by atoms with van der Waals surface area (Å²) in [6.45, 7) is 0.822. The van der Waals surface area contributed by atoms with E-state index >= 15 is 0 Å². The zero-order valence-electron chi connectivity index (χ0n) is 13.2. The smallest absolute Gasteiger partial charge is 0.206 e. The lowest BCUT2D eigenvalue weighted by Gasteiger charge is -2.13. The number of sulfone groups is 1. The van der Waals surface area contributed by atoms with Gasteiger partial charge in [-0.05, 0) is 54.7 Å². The van der Waals surface area contributed by atoms with Crippen molar-refractivity contribution in [3.63, 3.8) is 0 Å². The third kappa shape index (κ3) is 3.14. The van der Waals surface area contributed by atoms with Crippen LogP contribution in [-0.2, 0) is 16.4 Å². The molecular weight excluding hydrogens is 306 g/mol. The molecule has 3 aromatic rings. The minimum Gasteiger partial charge on any atom is -0.305 e. The topological polar surface area (TPSA) is 37.4 Å². The summed E-state index contributed by atoms with van der Waals surface area (Å²) in [5.41, 5.74) is 1.19. The zero-order valence-corrected chi connectivity index (χ0v) is 14.0. The first-order valence-corrected chi connectivity index (χ1v) is 8.93. The summed E-state index contributed by atoms with van der Waals surface area (Å²) in [5, 5.41) is 2.04. The van der Waals surface area contributed by atoms with Gasteiger partial charge in [0.25, 0.3) is 0 Å². The summed E-state index contributed by atoms with van der Waals surface area (Å²) in [4.78, 5) is 2.76. The summed E-state index contributed by atoms with van der Waals surface area (Å²) in [5.74, 6) is 0. The van der Waals surface area contributed by atoms with Gasteiger partial charge in [-0.25, -0.2) is 8.42 Å². The Balaban J connectivity index is 2.11. The Hall–Kier alpha value is -2.17. The highest BCUT2D eigenvalue weighted by Gasteiger charge is 2.17.